The third-order valence-corrected chi connectivity index (χ3v) is 3.58. The van der Waals surface area contributed by atoms with Crippen LogP contribution in [0.5, 0.6) is 5.75 Å². The Morgan fingerprint density at radius 2 is 2.19 bits per heavy atom. The van der Waals surface area contributed by atoms with Gasteiger partial charge in [-0.05, 0) is 12.1 Å². The lowest BCUT2D eigenvalue weighted by atomic mass is 10.1. The van der Waals surface area contributed by atoms with E-state index in [0.717, 1.165) is 11.3 Å². The largest absolute Gasteiger partial charge is 0.491 e. The number of nitrogen functional groups attached to an aromatic ring is 1. The number of hydrogen-bond donors (Lipinski definition) is 1. The molecule has 0 unspecified atom stereocenters. The number of aromatic nitrogens is 1. The summed E-state index contributed by atoms with van der Waals surface area (Å²) in [6.45, 7) is 1.42. The topological polar surface area (TPSA) is 68.5 Å². The van der Waals surface area contributed by atoms with E-state index in [9.17, 15) is 4.79 Å². The average molecular weight is 304 g/mol. The smallest absolute Gasteiger partial charge is 0.256 e. The van der Waals surface area contributed by atoms with E-state index >= 15 is 0 Å². The van der Waals surface area contributed by atoms with Gasteiger partial charge in [0.15, 0.2) is 0 Å². The van der Waals surface area contributed by atoms with E-state index in [1.165, 1.54) is 12.3 Å². The number of fused-ring (bicyclic) bond motifs is 1. The molecule has 1 aliphatic rings. The number of anilines is 1. The van der Waals surface area contributed by atoms with Gasteiger partial charge in [0.05, 0.1) is 24.0 Å². The second-order valence-corrected chi connectivity index (χ2v) is 5.16. The normalized spacial score (nSPS) is 14.0. The molecule has 0 spiro atoms. The van der Waals surface area contributed by atoms with Crippen molar-refractivity contribution in [1.82, 2.24) is 9.88 Å². The Labute approximate surface area is 127 Å². The number of nitrogens with zero attached hydrogens (tertiary/aromatic N) is 2. The molecule has 21 heavy (non-hydrogen) atoms. The van der Waals surface area contributed by atoms with Gasteiger partial charge in [-0.2, -0.15) is 0 Å². The summed E-state index contributed by atoms with van der Waals surface area (Å²) in [6, 6.07) is 9.19. The van der Waals surface area contributed by atoms with E-state index in [0.29, 0.717) is 30.9 Å². The van der Waals surface area contributed by atoms with Crippen LogP contribution >= 0.6 is 11.6 Å². The molecule has 0 saturated heterocycles. The van der Waals surface area contributed by atoms with Crippen LogP contribution in [0.2, 0.25) is 5.15 Å². The highest BCUT2D eigenvalue weighted by Gasteiger charge is 2.22. The number of amides is 1. The zero-order chi connectivity index (χ0) is 14.8. The maximum absolute atomic E-state index is 12.6. The highest BCUT2D eigenvalue weighted by atomic mass is 35.5. The molecule has 0 radical (unpaired) electrons. The SMILES string of the molecule is Nc1cnc(Cl)cc1C(=O)N1CCOc2ccccc2C1. The van der Waals surface area contributed by atoms with E-state index in [1.807, 2.05) is 24.3 Å². The van der Waals surface area contributed by atoms with Gasteiger partial charge in [0.2, 0.25) is 0 Å². The molecule has 2 N–H and O–H groups in total. The second-order valence-electron chi connectivity index (χ2n) is 4.78. The first kappa shape index (κ1) is 13.7. The van der Waals surface area contributed by atoms with Crippen LogP contribution in [0, 0.1) is 0 Å². The molecule has 0 fully saturated rings. The number of benzene rings is 1. The molecule has 6 heteroatoms. The number of para-hydroxylation sites is 1. The number of rotatable bonds is 1. The van der Waals surface area contributed by atoms with E-state index in [1.54, 1.807) is 4.90 Å². The zero-order valence-corrected chi connectivity index (χ0v) is 12.0. The molecule has 108 valence electrons. The van der Waals surface area contributed by atoms with Crippen LogP contribution in [-0.2, 0) is 6.54 Å². The molecule has 3 rings (SSSR count). The Morgan fingerprint density at radius 1 is 1.38 bits per heavy atom. The maximum atomic E-state index is 12.6. The number of carbonyl (C=O) groups is 1. The van der Waals surface area contributed by atoms with Crippen molar-refractivity contribution in [2.45, 2.75) is 6.54 Å². The van der Waals surface area contributed by atoms with Crippen molar-refractivity contribution in [2.75, 3.05) is 18.9 Å². The molecule has 0 aliphatic carbocycles. The van der Waals surface area contributed by atoms with Crippen LogP contribution < -0.4 is 10.5 Å². The summed E-state index contributed by atoms with van der Waals surface area (Å²) in [6.07, 6.45) is 1.40. The number of nitrogens with two attached hydrogens (primary N) is 1. The number of pyridine rings is 1. The fourth-order valence-electron chi connectivity index (χ4n) is 2.30. The fraction of sp³-hybridized carbons (Fsp3) is 0.200. The predicted octanol–water partition coefficient (Wildman–Crippen LogP) is 2.35. The van der Waals surface area contributed by atoms with Crippen molar-refractivity contribution in [3.63, 3.8) is 0 Å². The second kappa shape index (κ2) is 5.61. The van der Waals surface area contributed by atoms with Gasteiger partial charge < -0.3 is 15.4 Å². The van der Waals surface area contributed by atoms with E-state index in [4.69, 9.17) is 22.1 Å². The number of halogens is 1. The standard InChI is InChI=1S/C15H14ClN3O2/c16-14-7-11(12(17)8-18-14)15(20)19-5-6-21-13-4-2-1-3-10(13)9-19/h1-4,7-8H,5-6,9,17H2. The van der Waals surface area contributed by atoms with Gasteiger partial charge in [0.1, 0.15) is 17.5 Å². The summed E-state index contributed by atoms with van der Waals surface area (Å²) in [4.78, 5) is 18.2. The Morgan fingerprint density at radius 3 is 3.05 bits per heavy atom. The minimum Gasteiger partial charge on any atom is -0.491 e. The molecule has 2 heterocycles. The van der Waals surface area contributed by atoms with Crippen molar-refractivity contribution < 1.29 is 9.53 Å². The minimum atomic E-state index is -0.169. The molecule has 2 aromatic rings. The van der Waals surface area contributed by atoms with Crippen LogP contribution in [0.15, 0.2) is 36.5 Å². The summed E-state index contributed by atoms with van der Waals surface area (Å²) < 4.78 is 5.66. The van der Waals surface area contributed by atoms with Crippen molar-refractivity contribution >= 4 is 23.2 Å². The summed E-state index contributed by atoms with van der Waals surface area (Å²) in [5, 5.41) is 0.249. The van der Waals surface area contributed by atoms with Crippen molar-refractivity contribution in [3.8, 4) is 5.75 Å². The summed E-state index contributed by atoms with van der Waals surface area (Å²) in [5.74, 6) is 0.644. The number of hydrogen-bond acceptors (Lipinski definition) is 4. The van der Waals surface area contributed by atoms with Gasteiger partial charge in [-0.25, -0.2) is 4.98 Å². The molecule has 1 aromatic heterocycles. The molecule has 5 nitrogen and oxygen atoms in total. The van der Waals surface area contributed by atoms with Crippen LogP contribution in [0.4, 0.5) is 5.69 Å². The highest BCUT2D eigenvalue weighted by Crippen LogP contribution is 2.24. The number of carbonyl (C=O) groups excluding carboxylic acids is 1. The fourth-order valence-corrected chi connectivity index (χ4v) is 2.45. The van der Waals surface area contributed by atoms with Crippen molar-refractivity contribution in [3.05, 3.63) is 52.8 Å². The Balaban J connectivity index is 1.90. The van der Waals surface area contributed by atoms with Crippen LogP contribution in [0.25, 0.3) is 0 Å². The highest BCUT2D eigenvalue weighted by molar-refractivity contribution is 6.29. The molecule has 1 aromatic carbocycles. The van der Waals surface area contributed by atoms with Crippen LogP contribution in [-0.4, -0.2) is 28.9 Å². The van der Waals surface area contributed by atoms with E-state index < -0.39 is 0 Å². The Bertz CT molecular complexity index is 690. The molecular weight excluding hydrogens is 290 g/mol. The lowest BCUT2D eigenvalue weighted by Crippen LogP contribution is -2.33. The molecule has 0 saturated carbocycles. The van der Waals surface area contributed by atoms with E-state index in [-0.39, 0.29) is 11.1 Å². The summed E-state index contributed by atoms with van der Waals surface area (Å²) in [7, 11) is 0. The maximum Gasteiger partial charge on any atom is 0.256 e. The number of ether oxygens (including phenoxy) is 1. The lowest BCUT2D eigenvalue weighted by molar-refractivity contribution is 0.0734. The third kappa shape index (κ3) is 2.78. The van der Waals surface area contributed by atoms with Crippen LogP contribution in [0.1, 0.15) is 15.9 Å². The van der Waals surface area contributed by atoms with Crippen molar-refractivity contribution in [2.24, 2.45) is 0 Å². The summed E-state index contributed by atoms with van der Waals surface area (Å²) >= 11 is 5.85. The molecular formula is C15H14ClN3O2. The summed E-state index contributed by atoms with van der Waals surface area (Å²) in [5.41, 5.74) is 7.50. The predicted molar refractivity (Wildman–Crippen MR) is 80.3 cm³/mol. The minimum absolute atomic E-state index is 0.169. The third-order valence-electron chi connectivity index (χ3n) is 3.37. The monoisotopic (exact) mass is 303 g/mol. The van der Waals surface area contributed by atoms with Gasteiger partial charge in [-0.1, -0.05) is 29.8 Å². The van der Waals surface area contributed by atoms with Crippen LogP contribution in [0.3, 0.4) is 0 Å². The first-order valence-electron chi connectivity index (χ1n) is 6.56. The lowest BCUT2D eigenvalue weighted by Gasteiger charge is -2.20. The first-order chi connectivity index (χ1) is 10.1. The molecule has 1 amide bonds. The van der Waals surface area contributed by atoms with Gasteiger partial charge in [0.25, 0.3) is 5.91 Å². The van der Waals surface area contributed by atoms with Gasteiger partial charge in [0, 0.05) is 12.1 Å². The average Bonchev–Trinajstić information content (AvgIpc) is 2.71. The van der Waals surface area contributed by atoms with Gasteiger partial charge in [-0.15, -0.1) is 0 Å². The van der Waals surface area contributed by atoms with Crippen molar-refractivity contribution in [1.29, 1.82) is 0 Å². The van der Waals surface area contributed by atoms with E-state index in [2.05, 4.69) is 4.98 Å². The zero-order valence-electron chi connectivity index (χ0n) is 11.3. The quantitative estimate of drug-likeness (QED) is 0.821. The molecule has 0 atom stereocenters. The Hall–Kier alpha value is -2.27. The van der Waals surface area contributed by atoms with Gasteiger partial charge in [-0.3, -0.25) is 4.79 Å². The van der Waals surface area contributed by atoms with Gasteiger partial charge >= 0.3 is 0 Å². The first-order valence-corrected chi connectivity index (χ1v) is 6.94. The molecule has 0 bridgehead atoms. The molecule has 1 aliphatic heterocycles. The Kier molecular flexibility index (Phi) is 3.66.